The highest BCUT2D eigenvalue weighted by Crippen LogP contribution is 2.43. The van der Waals surface area contributed by atoms with Gasteiger partial charge in [-0.15, -0.1) is 0 Å². The molecule has 0 radical (unpaired) electrons. The van der Waals surface area contributed by atoms with Crippen LogP contribution in [0.2, 0.25) is 0 Å². The highest BCUT2D eigenvalue weighted by atomic mass is 16.7. The Morgan fingerprint density at radius 3 is 2.26 bits per heavy atom. The van der Waals surface area contributed by atoms with Gasteiger partial charge in [0, 0.05) is 28.1 Å². The number of methoxy groups -OCH3 is 2. The predicted octanol–water partition coefficient (Wildman–Crippen LogP) is 5.40. The summed E-state index contributed by atoms with van der Waals surface area (Å²) in [5.41, 5.74) is 0.856. The van der Waals surface area contributed by atoms with E-state index >= 15 is 0 Å². The van der Waals surface area contributed by atoms with E-state index in [0.29, 0.717) is 24.0 Å². The first-order valence-electron chi connectivity index (χ1n) is 11.7. The van der Waals surface area contributed by atoms with Gasteiger partial charge in [0.05, 0.1) is 26.3 Å². The summed E-state index contributed by atoms with van der Waals surface area (Å²) >= 11 is 0. The van der Waals surface area contributed by atoms with E-state index in [2.05, 4.69) is 30.9 Å². The van der Waals surface area contributed by atoms with Crippen molar-refractivity contribution in [3.05, 3.63) is 36.4 Å². The molecule has 1 aliphatic heterocycles. The molecule has 0 saturated carbocycles. The highest BCUT2D eigenvalue weighted by Gasteiger charge is 2.19. The van der Waals surface area contributed by atoms with Crippen LogP contribution in [0, 0.1) is 0 Å². The summed E-state index contributed by atoms with van der Waals surface area (Å²) < 4.78 is 28.7. The summed E-state index contributed by atoms with van der Waals surface area (Å²) in [5.74, 6) is 3.39. The van der Waals surface area contributed by atoms with Crippen molar-refractivity contribution in [2.24, 2.45) is 0 Å². The molecule has 0 amide bonds. The molecule has 0 atom stereocenters. The van der Waals surface area contributed by atoms with Crippen molar-refractivity contribution in [1.82, 2.24) is 9.88 Å². The molecule has 7 heteroatoms. The Bertz CT molecular complexity index is 1350. The third kappa shape index (κ3) is 3.90. The van der Waals surface area contributed by atoms with Crippen LogP contribution in [0.4, 0.5) is 0 Å². The van der Waals surface area contributed by atoms with Crippen LogP contribution in [-0.2, 0) is 0 Å². The molecule has 178 valence electrons. The van der Waals surface area contributed by atoms with Crippen molar-refractivity contribution >= 4 is 32.4 Å². The van der Waals surface area contributed by atoms with Gasteiger partial charge in [-0.1, -0.05) is 26.0 Å². The summed E-state index contributed by atoms with van der Waals surface area (Å²) in [6, 6.07) is 12.1. The summed E-state index contributed by atoms with van der Waals surface area (Å²) in [4.78, 5) is 7.40. The molecule has 0 unspecified atom stereocenters. The Labute approximate surface area is 199 Å². The van der Waals surface area contributed by atoms with Gasteiger partial charge in [0.25, 0.3) is 0 Å². The number of fused-ring (bicyclic) bond motifs is 6. The lowest BCUT2D eigenvalue weighted by Crippen LogP contribution is -2.25. The number of benzene rings is 3. The van der Waals surface area contributed by atoms with Crippen molar-refractivity contribution < 1.29 is 23.7 Å². The van der Waals surface area contributed by atoms with Gasteiger partial charge in [0.2, 0.25) is 12.7 Å². The minimum Gasteiger partial charge on any atom is -0.493 e. The minimum absolute atomic E-state index is 0.234. The molecule has 4 aromatic rings. The average molecular weight is 463 g/mol. The lowest BCUT2D eigenvalue weighted by atomic mass is 10.0. The molecule has 3 aromatic carbocycles. The second-order valence-electron chi connectivity index (χ2n) is 8.29. The first-order valence-corrected chi connectivity index (χ1v) is 11.7. The number of nitrogens with zero attached hydrogens (tertiary/aromatic N) is 2. The largest absolute Gasteiger partial charge is 0.493 e. The number of rotatable bonds is 9. The van der Waals surface area contributed by atoms with Gasteiger partial charge in [-0.2, -0.15) is 0 Å². The van der Waals surface area contributed by atoms with Crippen LogP contribution in [0.25, 0.3) is 32.4 Å². The Morgan fingerprint density at radius 1 is 0.853 bits per heavy atom. The summed E-state index contributed by atoms with van der Waals surface area (Å²) in [7, 11) is 3.28. The lowest BCUT2D eigenvalue weighted by Gasteiger charge is -2.18. The second-order valence-corrected chi connectivity index (χ2v) is 8.29. The Kier molecular flexibility index (Phi) is 6.20. The standard InChI is InChI=1S/C27H30N2O5/c1-5-29(6-2)10-7-11-32-27-21-15-23(31-4)22(30-3)14-20(21)18-9-8-17-12-24-25(34-16-33-24)13-19(17)26(18)28-27/h8-9,12-15H,5-7,10-11,16H2,1-4H3. The fraction of sp³-hybridized carbons (Fsp3) is 0.370. The third-order valence-electron chi connectivity index (χ3n) is 6.49. The van der Waals surface area contributed by atoms with Gasteiger partial charge in [-0.05, 0) is 49.2 Å². The van der Waals surface area contributed by atoms with Crippen LogP contribution in [0.15, 0.2) is 36.4 Å². The van der Waals surface area contributed by atoms with Crippen molar-refractivity contribution in [3.8, 4) is 28.9 Å². The maximum Gasteiger partial charge on any atom is 0.231 e. The molecule has 7 nitrogen and oxygen atoms in total. The van der Waals surface area contributed by atoms with Crippen molar-refractivity contribution in [2.45, 2.75) is 20.3 Å². The van der Waals surface area contributed by atoms with E-state index in [1.165, 1.54) is 0 Å². The van der Waals surface area contributed by atoms with Gasteiger partial charge in [0.1, 0.15) is 0 Å². The van der Waals surface area contributed by atoms with Crippen molar-refractivity contribution in [3.63, 3.8) is 0 Å². The van der Waals surface area contributed by atoms with E-state index in [-0.39, 0.29) is 6.79 Å². The molecular weight excluding hydrogens is 432 g/mol. The molecule has 0 bridgehead atoms. The zero-order valence-electron chi connectivity index (χ0n) is 20.1. The monoisotopic (exact) mass is 462 g/mol. The number of hydrogen-bond donors (Lipinski definition) is 0. The molecule has 0 N–H and O–H groups in total. The van der Waals surface area contributed by atoms with Gasteiger partial charge >= 0.3 is 0 Å². The number of aromatic nitrogens is 1. The summed E-state index contributed by atoms with van der Waals surface area (Å²) in [6.07, 6.45) is 0.921. The zero-order valence-corrected chi connectivity index (χ0v) is 20.1. The smallest absolute Gasteiger partial charge is 0.231 e. The van der Waals surface area contributed by atoms with E-state index in [0.717, 1.165) is 70.0 Å². The number of ether oxygens (including phenoxy) is 5. The number of pyridine rings is 1. The summed E-state index contributed by atoms with van der Waals surface area (Å²) in [5, 5.41) is 4.94. The zero-order chi connectivity index (χ0) is 23.7. The predicted molar refractivity (Wildman–Crippen MR) is 134 cm³/mol. The summed E-state index contributed by atoms with van der Waals surface area (Å²) in [6.45, 7) is 8.23. The minimum atomic E-state index is 0.234. The quantitative estimate of drug-likeness (QED) is 0.244. The van der Waals surface area contributed by atoms with Crippen LogP contribution in [0.3, 0.4) is 0 Å². The maximum atomic E-state index is 6.29. The van der Waals surface area contributed by atoms with Gasteiger partial charge in [-0.3, -0.25) is 0 Å². The topological polar surface area (TPSA) is 62.3 Å². The molecule has 5 rings (SSSR count). The maximum absolute atomic E-state index is 6.29. The van der Waals surface area contributed by atoms with Crippen LogP contribution in [-0.4, -0.2) is 57.1 Å². The SMILES string of the molecule is CCN(CC)CCCOc1nc2c3cc4c(cc3ccc2c2cc(OC)c(OC)cc12)OCO4. The normalized spacial score (nSPS) is 12.7. The second kappa shape index (κ2) is 9.43. The Balaban J connectivity index is 1.66. The van der Waals surface area contributed by atoms with Crippen LogP contribution in [0.1, 0.15) is 20.3 Å². The van der Waals surface area contributed by atoms with Gasteiger partial charge < -0.3 is 28.6 Å². The van der Waals surface area contributed by atoms with Crippen LogP contribution >= 0.6 is 0 Å². The van der Waals surface area contributed by atoms with Gasteiger partial charge in [0.15, 0.2) is 23.0 Å². The van der Waals surface area contributed by atoms with Gasteiger partial charge in [-0.25, -0.2) is 4.98 Å². The molecule has 0 spiro atoms. The van der Waals surface area contributed by atoms with E-state index < -0.39 is 0 Å². The van der Waals surface area contributed by atoms with E-state index in [1.54, 1.807) is 14.2 Å². The molecule has 2 heterocycles. The molecule has 1 aliphatic rings. The highest BCUT2D eigenvalue weighted by molar-refractivity contribution is 6.17. The molecule has 1 aromatic heterocycles. The molecule has 0 saturated heterocycles. The van der Waals surface area contributed by atoms with E-state index in [1.807, 2.05) is 24.3 Å². The van der Waals surface area contributed by atoms with Crippen molar-refractivity contribution in [1.29, 1.82) is 0 Å². The van der Waals surface area contributed by atoms with Crippen LogP contribution < -0.4 is 23.7 Å². The fourth-order valence-electron chi connectivity index (χ4n) is 4.58. The van der Waals surface area contributed by atoms with E-state index in [4.69, 9.17) is 28.7 Å². The Morgan fingerprint density at radius 2 is 1.56 bits per heavy atom. The molecule has 34 heavy (non-hydrogen) atoms. The van der Waals surface area contributed by atoms with Crippen molar-refractivity contribution in [2.75, 3.05) is 47.3 Å². The van der Waals surface area contributed by atoms with Crippen LogP contribution in [0.5, 0.6) is 28.9 Å². The Hall–Kier alpha value is -3.45. The average Bonchev–Trinajstić information content (AvgIpc) is 3.33. The first kappa shape index (κ1) is 22.3. The lowest BCUT2D eigenvalue weighted by molar-refractivity contribution is 0.174. The molecule has 0 aliphatic carbocycles. The molecule has 0 fully saturated rings. The third-order valence-corrected chi connectivity index (χ3v) is 6.49. The first-order chi connectivity index (χ1) is 16.7. The number of hydrogen-bond acceptors (Lipinski definition) is 7. The van der Waals surface area contributed by atoms with E-state index in [9.17, 15) is 0 Å². The molecular formula is C27H30N2O5. The fourth-order valence-corrected chi connectivity index (χ4v) is 4.58.